The molecule has 0 N–H and O–H groups in total. The Kier molecular flexibility index (Phi) is 7.54. The number of rotatable bonds is 9. The Morgan fingerprint density at radius 3 is 1.87 bits per heavy atom. The third-order valence-corrected chi connectivity index (χ3v) is 8.67. The molecule has 0 radical (unpaired) electrons. The van der Waals surface area contributed by atoms with Gasteiger partial charge in [0.25, 0.3) is 0 Å². The molecule has 0 aliphatic heterocycles. The van der Waals surface area contributed by atoms with Gasteiger partial charge in [0.1, 0.15) is 0 Å². The van der Waals surface area contributed by atoms with Gasteiger partial charge in [-0.1, -0.05) is 66.7 Å². The van der Waals surface area contributed by atoms with E-state index in [1.807, 2.05) is 66.7 Å². The highest BCUT2D eigenvalue weighted by Gasteiger charge is 2.39. The number of methoxy groups -OCH3 is 2. The fourth-order valence-electron chi connectivity index (χ4n) is 3.70. The minimum absolute atomic E-state index is 0.0234. The second-order valence-electron chi connectivity index (χ2n) is 6.97. The van der Waals surface area contributed by atoms with E-state index >= 15 is 0 Å². The Morgan fingerprint density at radius 2 is 1.39 bits per heavy atom. The Labute approximate surface area is 183 Å². The molecule has 0 spiro atoms. The van der Waals surface area contributed by atoms with E-state index in [2.05, 4.69) is 0 Å². The van der Waals surface area contributed by atoms with Crippen LogP contribution in [0.3, 0.4) is 0 Å². The predicted molar refractivity (Wildman–Crippen MR) is 123 cm³/mol. The molecule has 0 saturated heterocycles. The Bertz CT molecular complexity index is 1010. The lowest BCUT2D eigenvalue weighted by molar-refractivity contribution is -0.143. The van der Waals surface area contributed by atoms with E-state index in [-0.39, 0.29) is 13.0 Å². The molecule has 0 unspecified atom stereocenters. The molecule has 0 aliphatic rings. The van der Waals surface area contributed by atoms with Crippen LogP contribution in [0.5, 0.6) is 11.5 Å². The number of esters is 1. The molecule has 162 valence electrons. The highest BCUT2D eigenvalue weighted by molar-refractivity contribution is 7.79. The third kappa shape index (κ3) is 4.83. The van der Waals surface area contributed by atoms with Gasteiger partial charge in [0.15, 0.2) is 18.6 Å². The van der Waals surface area contributed by atoms with Crippen molar-refractivity contribution in [1.29, 1.82) is 0 Å². The van der Waals surface area contributed by atoms with Crippen molar-refractivity contribution < 1.29 is 23.6 Å². The van der Waals surface area contributed by atoms with Gasteiger partial charge in [0.05, 0.1) is 32.9 Å². The summed E-state index contributed by atoms with van der Waals surface area (Å²) in [5.41, 5.74) is 0.0953. The summed E-state index contributed by atoms with van der Waals surface area (Å²) in [7, 11) is -0.171. The average molecular weight is 438 g/mol. The van der Waals surface area contributed by atoms with Crippen LogP contribution >= 0.6 is 7.14 Å². The van der Waals surface area contributed by atoms with Crippen LogP contribution in [-0.2, 0) is 14.1 Å². The van der Waals surface area contributed by atoms with Crippen LogP contribution in [0.4, 0.5) is 0 Å². The van der Waals surface area contributed by atoms with Crippen molar-refractivity contribution in [3.8, 4) is 11.5 Å². The van der Waals surface area contributed by atoms with Crippen LogP contribution < -0.4 is 20.1 Å². The largest absolute Gasteiger partial charge is 0.493 e. The fourth-order valence-corrected chi connectivity index (χ4v) is 6.94. The van der Waals surface area contributed by atoms with Crippen molar-refractivity contribution in [3.05, 3.63) is 84.4 Å². The maximum absolute atomic E-state index is 14.9. The highest BCUT2D eigenvalue weighted by Crippen LogP contribution is 2.59. The number of carbonyl (C=O) groups excluding carboxylic acids is 1. The molecule has 1 atom stereocenters. The van der Waals surface area contributed by atoms with E-state index in [4.69, 9.17) is 14.2 Å². The van der Waals surface area contributed by atoms with E-state index in [1.165, 1.54) is 0 Å². The van der Waals surface area contributed by atoms with Gasteiger partial charge in [-0.05, 0) is 24.6 Å². The van der Waals surface area contributed by atoms with Gasteiger partial charge < -0.3 is 18.8 Å². The van der Waals surface area contributed by atoms with E-state index in [0.717, 1.165) is 5.56 Å². The molecule has 3 aromatic carbocycles. The Hall–Kier alpha value is -3.04. The predicted octanol–water partition coefficient (Wildman–Crippen LogP) is 4.71. The molecule has 0 heterocycles. The lowest BCUT2D eigenvalue weighted by atomic mass is 10.1. The van der Waals surface area contributed by atoms with Crippen molar-refractivity contribution in [2.75, 3.05) is 20.8 Å². The smallest absolute Gasteiger partial charge is 0.306 e. The van der Waals surface area contributed by atoms with Crippen molar-refractivity contribution in [1.82, 2.24) is 0 Å². The molecule has 0 bridgehead atoms. The number of ether oxygens (including phenoxy) is 3. The molecule has 0 saturated carbocycles. The maximum Gasteiger partial charge on any atom is 0.306 e. The number of carbonyl (C=O) groups is 1. The monoisotopic (exact) mass is 438 g/mol. The topological polar surface area (TPSA) is 61.8 Å². The van der Waals surface area contributed by atoms with Gasteiger partial charge in [-0.25, -0.2) is 0 Å². The minimum Gasteiger partial charge on any atom is -0.493 e. The van der Waals surface area contributed by atoms with Gasteiger partial charge >= 0.3 is 5.97 Å². The molecule has 0 amide bonds. The van der Waals surface area contributed by atoms with Crippen molar-refractivity contribution >= 4 is 23.7 Å². The van der Waals surface area contributed by atoms with Crippen LogP contribution in [0.1, 0.15) is 24.6 Å². The minimum atomic E-state index is -3.28. The zero-order chi connectivity index (χ0) is 22.3. The summed E-state index contributed by atoms with van der Waals surface area (Å²) in [6, 6.07) is 24.0. The maximum atomic E-state index is 14.9. The number of hydrogen-bond acceptors (Lipinski definition) is 5. The van der Waals surface area contributed by atoms with Crippen LogP contribution in [0.15, 0.2) is 78.9 Å². The summed E-state index contributed by atoms with van der Waals surface area (Å²) >= 11 is 0. The zero-order valence-corrected chi connectivity index (χ0v) is 18.9. The van der Waals surface area contributed by atoms with Crippen LogP contribution in [-0.4, -0.2) is 26.8 Å². The summed E-state index contributed by atoms with van der Waals surface area (Å²) < 4.78 is 31.0. The zero-order valence-electron chi connectivity index (χ0n) is 18.0. The summed E-state index contributed by atoms with van der Waals surface area (Å²) in [6.45, 7) is 2.02. The summed E-state index contributed by atoms with van der Waals surface area (Å²) in [4.78, 5) is 12.6. The quantitative estimate of drug-likeness (QED) is 0.358. The third-order valence-electron chi connectivity index (χ3n) is 5.18. The molecule has 0 aliphatic carbocycles. The van der Waals surface area contributed by atoms with Crippen molar-refractivity contribution in [2.45, 2.75) is 19.0 Å². The first kappa shape index (κ1) is 22.6. The lowest BCUT2D eigenvalue weighted by Crippen LogP contribution is -2.24. The van der Waals surface area contributed by atoms with E-state index in [9.17, 15) is 9.36 Å². The van der Waals surface area contributed by atoms with Crippen molar-refractivity contribution in [3.63, 3.8) is 0 Å². The van der Waals surface area contributed by atoms with Gasteiger partial charge in [0.2, 0.25) is 0 Å². The first-order valence-corrected chi connectivity index (χ1v) is 11.9. The molecular formula is C25H27O5P. The fraction of sp³-hybridized carbons (Fsp3) is 0.240. The van der Waals surface area contributed by atoms with Gasteiger partial charge in [-0.2, -0.15) is 0 Å². The summed E-state index contributed by atoms with van der Waals surface area (Å²) in [6.07, 6.45) is -0.0234. The molecule has 5 nitrogen and oxygen atoms in total. The molecule has 6 heteroatoms. The van der Waals surface area contributed by atoms with Crippen LogP contribution in [0.2, 0.25) is 0 Å². The molecule has 0 fully saturated rings. The van der Waals surface area contributed by atoms with Crippen LogP contribution in [0, 0.1) is 0 Å². The summed E-state index contributed by atoms with van der Waals surface area (Å²) in [5.74, 6) is 0.686. The van der Waals surface area contributed by atoms with Gasteiger partial charge in [-0.3, -0.25) is 4.79 Å². The number of benzene rings is 3. The lowest BCUT2D eigenvalue weighted by Gasteiger charge is -2.29. The standard InChI is InChI=1S/C25H27O5P/c1-4-30-25(26)18-24(19-15-16-22(28-2)23(17-19)29-3)31(27,20-11-7-5-8-12-20)21-13-9-6-10-14-21/h5-17,24H,4,18H2,1-3H3/t24-/m1/s1. The van der Waals surface area contributed by atoms with E-state index in [0.29, 0.717) is 22.1 Å². The average Bonchev–Trinajstić information content (AvgIpc) is 2.83. The number of hydrogen-bond donors (Lipinski definition) is 0. The molecule has 0 aromatic heterocycles. The highest BCUT2D eigenvalue weighted by atomic mass is 31.2. The Balaban J connectivity index is 2.24. The van der Waals surface area contributed by atoms with E-state index < -0.39 is 18.8 Å². The van der Waals surface area contributed by atoms with Crippen LogP contribution in [0.25, 0.3) is 0 Å². The molecule has 3 aromatic rings. The normalized spacial score (nSPS) is 12.1. The summed E-state index contributed by atoms with van der Waals surface area (Å²) in [5, 5.41) is 1.37. The second kappa shape index (κ2) is 10.3. The molecular weight excluding hydrogens is 411 g/mol. The first-order valence-electron chi connectivity index (χ1n) is 10.1. The van der Waals surface area contributed by atoms with E-state index in [1.54, 1.807) is 33.3 Å². The van der Waals surface area contributed by atoms with Gasteiger partial charge in [-0.15, -0.1) is 0 Å². The van der Waals surface area contributed by atoms with Crippen molar-refractivity contribution in [2.24, 2.45) is 0 Å². The molecule has 31 heavy (non-hydrogen) atoms. The SMILES string of the molecule is CCOC(=O)C[C@H](c1ccc(OC)c(OC)c1)P(=O)(c1ccccc1)c1ccccc1. The second-order valence-corrected chi connectivity index (χ2v) is 9.94. The Morgan fingerprint density at radius 1 is 0.839 bits per heavy atom. The first-order chi connectivity index (χ1) is 15.0. The van der Waals surface area contributed by atoms with Gasteiger partial charge in [0, 0.05) is 10.6 Å². The molecule has 3 rings (SSSR count).